The van der Waals surface area contributed by atoms with Crippen LogP contribution in [0.1, 0.15) is 21.5 Å². The molecule has 2 rings (SSSR count). The number of rotatable bonds is 5. The third-order valence-electron chi connectivity index (χ3n) is 2.97. The van der Waals surface area contributed by atoms with Gasteiger partial charge in [-0.1, -0.05) is 30.3 Å². The van der Waals surface area contributed by atoms with E-state index in [2.05, 4.69) is 5.32 Å². The first kappa shape index (κ1) is 15.1. The SMILES string of the molecule is NC(=O)Cc1ccccc1NC(=O)c1cccc(CCl)c1. The summed E-state index contributed by atoms with van der Waals surface area (Å²) in [5.74, 6) is -0.348. The van der Waals surface area contributed by atoms with E-state index in [0.29, 0.717) is 22.7 Å². The highest BCUT2D eigenvalue weighted by Gasteiger charge is 2.10. The molecule has 108 valence electrons. The quantitative estimate of drug-likeness (QED) is 0.834. The van der Waals surface area contributed by atoms with Gasteiger partial charge in [-0.25, -0.2) is 0 Å². The molecular weight excluding hydrogens is 288 g/mol. The highest BCUT2D eigenvalue weighted by Crippen LogP contribution is 2.17. The van der Waals surface area contributed by atoms with Crippen molar-refractivity contribution in [3.63, 3.8) is 0 Å². The second-order valence-electron chi connectivity index (χ2n) is 4.59. The minimum absolute atomic E-state index is 0.0815. The van der Waals surface area contributed by atoms with E-state index in [0.717, 1.165) is 5.56 Å². The molecule has 0 aromatic heterocycles. The highest BCUT2D eigenvalue weighted by molar-refractivity contribution is 6.17. The Balaban J connectivity index is 2.21. The Kier molecular flexibility index (Phi) is 4.95. The number of carbonyl (C=O) groups is 2. The van der Waals surface area contributed by atoms with Crippen molar-refractivity contribution in [3.8, 4) is 0 Å². The normalized spacial score (nSPS) is 10.1. The fourth-order valence-electron chi connectivity index (χ4n) is 1.97. The standard InChI is InChI=1S/C16H15ClN2O2/c17-10-11-4-3-6-13(8-11)16(21)19-14-7-2-1-5-12(14)9-15(18)20/h1-8H,9-10H2,(H2,18,20)(H,19,21). The molecule has 2 aromatic rings. The van der Waals surface area contributed by atoms with Gasteiger partial charge in [-0.05, 0) is 29.3 Å². The van der Waals surface area contributed by atoms with Crippen LogP contribution >= 0.6 is 11.6 Å². The van der Waals surface area contributed by atoms with Crippen LogP contribution in [-0.4, -0.2) is 11.8 Å². The molecule has 0 fully saturated rings. The Morgan fingerprint density at radius 3 is 2.57 bits per heavy atom. The molecule has 2 aromatic carbocycles. The molecule has 0 aliphatic rings. The molecule has 0 bridgehead atoms. The minimum Gasteiger partial charge on any atom is -0.369 e. The maximum Gasteiger partial charge on any atom is 0.255 e. The van der Waals surface area contributed by atoms with Gasteiger partial charge in [0.15, 0.2) is 0 Å². The molecule has 2 amide bonds. The predicted octanol–water partition coefficient (Wildman–Crippen LogP) is 2.71. The van der Waals surface area contributed by atoms with E-state index < -0.39 is 5.91 Å². The molecule has 0 radical (unpaired) electrons. The number of halogens is 1. The minimum atomic E-state index is -0.444. The summed E-state index contributed by atoms with van der Waals surface area (Å²) in [5.41, 5.74) is 7.86. The zero-order valence-corrected chi connectivity index (χ0v) is 12.1. The van der Waals surface area contributed by atoms with Crippen LogP contribution in [0.2, 0.25) is 0 Å². The summed E-state index contributed by atoms with van der Waals surface area (Å²) >= 11 is 5.76. The molecule has 3 N–H and O–H groups in total. The van der Waals surface area contributed by atoms with E-state index in [1.807, 2.05) is 6.07 Å². The van der Waals surface area contributed by atoms with Crippen molar-refractivity contribution in [2.24, 2.45) is 5.73 Å². The van der Waals surface area contributed by atoms with Crippen molar-refractivity contribution in [2.75, 3.05) is 5.32 Å². The Bertz CT molecular complexity index is 671. The van der Waals surface area contributed by atoms with Crippen molar-refractivity contribution < 1.29 is 9.59 Å². The molecule has 0 saturated heterocycles. The van der Waals surface area contributed by atoms with Crippen molar-refractivity contribution in [2.45, 2.75) is 12.3 Å². The summed E-state index contributed by atoms with van der Waals surface area (Å²) < 4.78 is 0. The van der Waals surface area contributed by atoms with Crippen LogP contribution in [0, 0.1) is 0 Å². The number of nitrogens with two attached hydrogens (primary N) is 1. The third kappa shape index (κ3) is 4.07. The van der Waals surface area contributed by atoms with Crippen LogP contribution in [0.25, 0.3) is 0 Å². The van der Waals surface area contributed by atoms with E-state index in [-0.39, 0.29) is 12.3 Å². The lowest BCUT2D eigenvalue weighted by atomic mass is 10.1. The van der Waals surface area contributed by atoms with Crippen LogP contribution in [0.15, 0.2) is 48.5 Å². The van der Waals surface area contributed by atoms with E-state index in [4.69, 9.17) is 17.3 Å². The number of carbonyl (C=O) groups excluding carboxylic acids is 2. The van der Waals surface area contributed by atoms with E-state index in [9.17, 15) is 9.59 Å². The van der Waals surface area contributed by atoms with Crippen molar-refractivity contribution in [3.05, 3.63) is 65.2 Å². The Morgan fingerprint density at radius 1 is 1.10 bits per heavy atom. The summed E-state index contributed by atoms with van der Waals surface area (Å²) in [4.78, 5) is 23.3. The highest BCUT2D eigenvalue weighted by atomic mass is 35.5. The molecule has 0 unspecified atom stereocenters. The molecule has 21 heavy (non-hydrogen) atoms. The van der Waals surface area contributed by atoms with Crippen molar-refractivity contribution in [1.82, 2.24) is 0 Å². The predicted molar refractivity (Wildman–Crippen MR) is 83.3 cm³/mol. The van der Waals surface area contributed by atoms with Crippen molar-refractivity contribution in [1.29, 1.82) is 0 Å². The number of hydrogen-bond donors (Lipinski definition) is 2. The molecular formula is C16H15ClN2O2. The molecule has 5 heteroatoms. The fraction of sp³-hybridized carbons (Fsp3) is 0.125. The van der Waals surface area contributed by atoms with E-state index in [1.165, 1.54) is 0 Å². The van der Waals surface area contributed by atoms with E-state index >= 15 is 0 Å². The van der Waals surface area contributed by atoms with Gasteiger partial charge in [0, 0.05) is 17.1 Å². The van der Waals surface area contributed by atoms with Gasteiger partial charge < -0.3 is 11.1 Å². The zero-order chi connectivity index (χ0) is 15.2. The molecule has 0 aliphatic carbocycles. The largest absolute Gasteiger partial charge is 0.369 e. The first-order valence-corrected chi connectivity index (χ1v) is 6.96. The monoisotopic (exact) mass is 302 g/mol. The Labute approximate surface area is 127 Å². The average molecular weight is 303 g/mol. The molecule has 4 nitrogen and oxygen atoms in total. The second-order valence-corrected chi connectivity index (χ2v) is 4.86. The lowest BCUT2D eigenvalue weighted by Gasteiger charge is -2.10. The third-order valence-corrected chi connectivity index (χ3v) is 3.28. The lowest BCUT2D eigenvalue weighted by Crippen LogP contribution is -2.17. The molecule has 0 saturated carbocycles. The topological polar surface area (TPSA) is 72.2 Å². The number of amides is 2. The zero-order valence-electron chi connectivity index (χ0n) is 11.3. The summed E-state index contributed by atoms with van der Waals surface area (Å²) in [6, 6.07) is 14.2. The van der Waals surface area contributed by atoms with E-state index in [1.54, 1.807) is 42.5 Å². The molecule has 0 aliphatic heterocycles. The van der Waals surface area contributed by atoms with Crippen LogP contribution < -0.4 is 11.1 Å². The smallest absolute Gasteiger partial charge is 0.255 e. The van der Waals surface area contributed by atoms with Crippen LogP contribution in [-0.2, 0) is 17.1 Å². The van der Waals surface area contributed by atoms with Crippen molar-refractivity contribution >= 4 is 29.1 Å². The van der Waals surface area contributed by atoms with Crippen LogP contribution in [0.4, 0.5) is 5.69 Å². The van der Waals surface area contributed by atoms with Gasteiger partial charge in [-0.15, -0.1) is 11.6 Å². The lowest BCUT2D eigenvalue weighted by molar-refractivity contribution is -0.117. The summed E-state index contributed by atoms with van der Waals surface area (Å²) in [6.07, 6.45) is 0.0815. The maximum atomic E-state index is 12.2. The van der Waals surface area contributed by atoms with Gasteiger partial charge in [0.1, 0.15) is 0 Å². The van der Waals surface area contributed by atoms with Gasteiger partial charge in [0.25, 0.3) is 5.91 Å². The van der Waals surface area contributed by atoms with Crippen LogP contribution in [0.5, 0.6) is 0 Å². The first-order valence-electron chi connectivity index (χ1n) is 6.42. The van der Waals surface area contributed by atoms with Gasteiger partial charge >= 0.3 is 0 Å². The van der Waals surface area contributed by atoms with Gasteiger partial charge in [0.05, 0.1) is 6.42 Å². The number of anilines is 1. The average Bonchev–Trinajstić information content (AvgIpc) is 2.48. The van der Waals surface area contributed by atoms with Gasteiger partial charge in [-0.2, -0.15) is 0 Å². The number of benzene rings is 2. The number of nitrogens with one attached hydrogen (secondary N) is 1. The van der Waals surface area contributed by atoms with Gasteiger partial charge in [0.2, 0.25) is 5.91 Å². The maximum absolute atomic E-state index is 12.2. The summed E-state index contributed by atoms with van der Waals surface area (Å²) in [7, 11) is 0. The summed E-state index contributed by atoms with van der Waals surface area (Å²) in [5, 5.41) is 2.79. The number of primary amides is 1. The molecule has 0 atom stereocenters. The first-order chi connectivity index (χ1) is 10.1. The molecule has 0 heterocycles. The second kappa shape index (κ2) is 6.90. The number of hydrogen-bond acceptors (Lipinski definition) is 2. The number of alkyl halides is 1. The Hall–Kier alpha value is -2.33. The fourth-order valence-corrected chi connectivity index (χ4v) is 2.14. The molecule has 0 spiro atoms. The van der Waals surface area contributed by atoms with Crippen LogP contribution in [0.3, 0.4) is 0 Å². The Morgan fingerprint density at radius 2 is 1.86 bits per heavy atom. The number of para-hydroxylation sites is 1. The van der Waals surface area contributed by atoms with Gasteiger partial charge in [-0.3, -0.25) is 9.59 Å². The summed E-state index contributed by atoms with van der Waals surface area (Å²) in [6.45, 7) is 0.